The van der Waals surface area contributed by atoms with Crippen LogP contribution in [-0.4, -0.2) is 11.5 Å². The first-order chi connectivity index (χ1) is 6.86. The van der Waals surface area contributed by atoms with Gasteiger partial charge in [0.2, 0.25) is 0 Å². The van der Waals surface area contributed by atoms with Crippen molar-refractivity contribution in [3.63, 3.8) is 0 Å². The Bertz CT molecular complexity index is 429. The van der Waals surface area contributed by atoms with Crippen LogP contribution in [0.25, 0.3) is 10.9 Å². The van der Waals surface area contributed by atoms with E-state index in [2.05, 4.69) is 36.3 Å². The van der Waals surface area contributed by atoms with Crippen molar-refractivity contribution >= 4 is 10.9 Å². The van der Waals surface area contributed by atoms with Crippen LogP contribution in [0.1, 0.15) is 18.1 Å². The molecule has 0 bridgehead atoms. The fourth-order valence-corrected chi connectivity index (χ4v) is 1.93. The van der Waals surface area contributed by atoms with Crippen LogP contribution in [0.5, 0.6) is 0 Å². The molecular weight excluding hydrogens is 172 g/mol. The van der Waals surface area contributed by atoms with Crippen molar-refractivity contribution in [2.75, 3.05) is 6.54 Å². The molecule has 0 aliphatic heterocycles. The summed E-state index contributed by atoms with van der Waals surface area (Å²) in [5.41, 5.74) is 9.56. The quantitative estimate of drug-likeness (QED) is 0.762. The number of rotatable bonds is 3. The predicted molar refractivity (Wildman–Crippen MR) is 60.4 cm³/mol. The SMILES string of the molecule is CCc1cccc2c(CCN)c[nH]c12. The molecule has 0 unspecified atom stereocenters. The molecule has 0 aliphatic rings. The van der Waals surface area contributed by atoms with Crippen molar-refractivity contribution < 1.29 is 0 Å². The molecule has 0 spiro atoms. The van der Waals surface area contributed by atoms with E-state index in [1.807, 2.05) is 0 Å². The van der Waals surface area contributed by atoms with Crippen LogP contribution in [0, 0.1) is 0 Å². The monoisotopic (exact) mass is 188 g/mol. The van der Waals surface area contributed by atoms with Crippen LogP contribution in [0.2, 0.25) is 0 Å². The van der Waals surface area contributed by atoms with E-state index in [0.717, 1.165) is 12.8 Å². The summed E-state index contributed by atoms with van der Waals surface area (Å²) in [5, 5.41) is 1.33. The Morgan fingerprint density at radius 1 is 1.29 bits per heavy atom. The third-order valence-electron chi connectivity index (χ3n) is 2.68. The first-order valence-electron chi connectivity index (χ1n) is 5.14. The van der Waals surface area contributed by atoms with Crippen molar-refractivity contribution in [2.45, 2.75) is 19.8 Å². The summed E-state index contributed by atoms with van der Waals surface area (Å²) < 4.78 is 0. The fourth-order valence-electron chi connectivity index (χ4n) is 1.93. The number of benzene rings is 1. The number of aryl methyl sites for hydroxylation is 1. The molecule has 74 valence electrons. The Morgan fingerprint density at radius 3 is 2.86 bits per heavy atom. The zero-order valence-corrected chi connectivity index (χ0v) is 8.51. The second-order valence-electron chi connectivity index (χ2n) is 3.55. The number of hydrogen-bond donors (Lipinski definition) is 2. The number of aromatic amines is 1. The number of fused-ring (bicyclic) bond motifs is 1. The number of aromatic nitrogens is 1. The molecule has 2 rings (SSSR count). The van der Waals surface area contributed by atoms with E-state index in [4.69, 9.17) is 5.73 Å². The maximum atomic E-state index is 5.57. The number of nitrogens with two attached hydrogens (primary N) is 1. The molecule has 2 heteroatoms. The normalized spacial score (nSPS) is 11.0. The lowest BCUT2D eigenvalue weighted by Crippen LogP contribution is -2.01. The molecule has 0 fully saturated rings. The summed E-state index contributed by atoms with van der Waals surface area (Å²) in [4.78, 5) is 3.34. The van der Waals surface area contributed by atoms with E-state index in [1.54, 1.807) is 0 Å². The molecule has 2 aromatic rings. The Kier molecular flexibility index (Phi) is 2.55. The van der Waals surface area contributed by atoms with Gasteiger partial charge in [-0.25, -0.2) is 0 Å². The topological polar surface area (TPSA) is 41.8 Å². The average molecular weight is 188 g/mol. The van der Waals surface area contributed by atoms with Gasteiger partial charge in [0.25, 0.3) is 0 Å². The van der Waals surface area contributed by atoms with Gasteiger partial charge in [0, 0.05) is 17.1 Å². The maximum absolute atomic E-state index is 5.57. The van der Waals surface area contributed by atoms with Crippen LogP contribution in [0.15, 0.2) is 24.4 Å². The summed E-state index contributed by atoms with van der Waals surface area (Å²) in [6.45, 7) is 2.89. The minimum Gasteiger partial charge on any atom is -0.361 e. The largest absolute Gasteiger partial charge is 0.361 e. The van der Waals surface area contributed by atoms with E-state index in [-0.39, 0.29) is 0 Å². The lowest BCUT2D eigenvalue weighted by atomic mass is 10.1. The molecule has 0 saturated carbocycles. The second-order valence-corrected chi connectivity index (χ2v) is 3.55. The summed E-state index contributed by atoms with van der Waals surface area (Å²) in [6.07, 6.45) is 4.10. The van der Waals surface area contributed by atoms with Gasteiger partial charge in [-0.2, -0.15) is 0 Å². The maximum Gasteiger partial charge on any atom is 0.0489 e. The highest BCUT2D eigenvalue weighted by Gasteiger charge is 2.04. The number of para-hydroxylation sites is 1. The van der Waals surface area contributed by atoms with Crippen molar-refractivity contribution in [1.29, 1.82) is 0 Å². The van der Waals surface area contributed by atoms with Gasteiger partial charge in [-0.1, -0.05) is 25.1 Å². The second kappa shape index (κ2) is 3.84. The van der Waals surface area contributed by atoms with Crippen molar-refractivity contribution in [3.8, 4) is 0 Å². The van der Waals surface area contributed by atoms with Crippen LogP contribution in [0.4, 0.5) is 0 Å². The van der Waals surface area contributed by atoms with Crippen LogP contribution in [0.3, 0.4) is 0 Å². The molecule has 0 atom stereocenters. The van der Waals surface area contributed by atoms with Gasteiger partial charge in [-0.05, 0) is 30.5 Å². The fraction of sp³-hybridized carbons (Fsp3) is 0.333. The molecule has 0 saturated heterocycles. The highest BCUT2D eigenvalue weighted by molar-refractivity contribution is 5.86. The minimum atomic E-state index is 0.712. The highest BCUT2D eigenvalue weighted by Crippen LogP contribution is 2.22. The van der Waals surface area contributed by atoms with Gasteiger partial charge in [0.15, 0.2) is 0 Å². The standard InChI is InChI=1S/C12H16N2/c1-2-9-4-3-5-11-10(6-7-13)8-14-12(9)11/h3-5,8,14H,2,6-7,13H2,1H3. The van der Waals surface area contributed by atoms with Crippen molar-refractivity contribution in [3.05, 3.63) is 35.5 Å². The molecule has 1 aromatic carbocycles. The minimum absolute atomic E-state index is 0.712. The summed E-state index contributed by atoms with van der Waals surface area (Å²) in [7, 11) is 0. The molecule has 2 nitrogen and oxygen atoms in total. The number of hydrogen-bond acceptors (Lipinski definition) is 1. The lowest BCUT2D eigenvalue weighted by Gasteiger charge is -2.00. The van der Waals surface area contributed by atoms with Crippen LogP contribution < -0.4 is 5.73 Å². The molecule has 3 N–H and O–H groups in total. The molecule has 0 amide bonds. The molecule has 0 radical (unpaired) electrons. The molecule has 0 aliphatic carbocycles. The Labute approximate surface area is 84.1 Å². The van der Waals surface area contributed by atoms with Crippen LogP contribution in [-0.2, 0) is 12.8 Å². The van der Waals surface area contributed by atoms with Gasteiger partial charge in [-0.15, -0.1) is 0 Å². The summed E-state index contributed by atoms with van der Waals surface area (Å²) in [5.74, 6) is 0. The lowest BCUT2D eigenvalue weighted by molar-refractivity contribution is 0.976. The van der Waals surface area contributed by atoms with Gasteiger partial charge in [0.1, 0.15) is 0 Å². The first-order valence-corrected chi connectivity index (χ1v) is 5.14. The van der Waals surface area contributed by atoms with E-state index >= 15 is 0 Å². The third kappa shape index (κ3) is 1.42. The van der Waals surface area contributed by atoms with E-state index < -0.39 is 0 Å². The van der Waals surface area contributed by atoms with Gasteiger partial charge < -0.3 is 10.7 Å². The molecule has 1 heterocycles. The Morgan fingerprint density at radius 2 is 2.14 bits per heavy atom. The number of H-pyrrole nitrogens is 1. The zero-order valence-electron chi connectivity index (χ0n) is 8.51. The zero-order chi connectivity index (χ0) is 9.97. The highest BCUT2D eigenvalue weighted by atomic mass is 14.7. The molecule has 1 aromatic heterocycles. The van der Waals surface area contributed by atoms with Crippen LogP contribution >= 0.6 is 0 Å². The average Bonchev–Trinajstić information content (AvgIpc) is 2.62. The smallest absolute Gasteiger partial charge is 0.0489 e. The third-order valence-corrected chi connectivity index (χ3v) is 2.68. The molecule has 14 heavy (non-hydrogen) atoms. The van der Waals surface area contributed by atoms with E-state index in [1.165, 1.54) is 22.0 Å². The van der Waals surface area contributed by atoms with E-state index in [0.29, 0.717) is 6.54 Å². The van der Waals surface area contributed by atoms with E-state index in [9.17, 15) is 0 Å². The van der Waals surface area contributed by atoms with Gasteiger partial charge in [0.05, 0.1) is 0 Å². The van der Waals surface area contributed by atoms with Gasteiger partial charge in [-0.3, -0.25) is 0 Å². The Hall–Kier alpha value is -1.28. The number of nitrogens with one attached hydrogen (secondary N) is 1. The van der Waals surface area contributed by atoms with Crippen molar-refractivity contribution in [1.82, 2.24) is 4.98 Å². The Balaban J connectivity index is 2.57. The van der Waals surface area contributed by atoms with Crippen molar-refractivity contribution in [2.24, 2.45) is 5.73 Å². The summed E-state index contributed by atoms with van der Waals surface area (Å²) >= 11 is 0. The summed E-state index contributed by atoms with van der Waals surface area (Å²) in [6, 6.07) is 6.45. The first kappa shape index (κ1) is 9.28. The molecular formula is C12H16N2. The van der Waals surface area contributed by atoms with Gasteiger partial charge >= 0.3 is 0 Å². The predicted octanol–water partition coefficient (Wildman–Crippen LogP) is 2.23.